The zero-order valence-electron chi connectivity index (χ0n) is 15.1. The molecule has 0 aromatic heterocycles. The van der Waals surface area contributed by atoms with Crippen LogP contribution in [-0.2, 0) is 5.41 Å². The van der Waals surface area contributed by atoms with Crippen molar-refractivity contribution in [3.05, 3.63) is 59.7 Å². The summed E-state index contributed by atoms with van der Waals surface area (Å²) in [4.78, 5) is 12.3. The van der Waals surface area contributed by atoms with Crippen molar-refractivity contribution in [2.75, 3.05) is 11.9 Å². The van der Waals surface area contributed by atoms with Crippen molar-refractivity contribution in [2.45, 2.75) is 33.1 Å². The van der Waals surface area contributed by atoms with E-state index >= 15 is 0 Å². The average molecular weight is 356 g/mol. The summed E-state index contributed by atoms with van der Waals surface area (Å²) in [6.45, 7) is 8.88. The van der Waals surface area contributed by atoms with Gasteiger partial charge in [0.1, 0.15) is 5.75 Å². The van der Waals surface area contributed by atoms with Gasteiger partial charge in [-0.25, -0.2) is 0 Å². The van der Waals surface area contributed by atoms with Gasteiger partial charge in [0.25, 0.3) is 5.91 Å². The topological polar surface area (TPSA) is 50.4 Å². The van der Waals surface area contributed by atoms with Crippen LogP contribution in [0.4, 0.5) is 5.69 Å². The van der Waals surface area contributed by atoms with Crippen molar-refractivity contribution in [1.29, 1.82) is 0 Å². The molecule has 2 aromatic carbocycles. The third-order valence-corrected chi connectivity index (χ3v) is 3.88. The van der Waals surface area contributed by atoms with E-state index in [-0.39, 0.29) is 16.4 Å². The van der Waals surface area contributed by atoms with E-state index in [1.165, 1.54) is 5.56 Å². The molecule has 2 aromatic rings. The Morgan fingerprint density at radius 2 is 1.72 bits per heavy atom. The molecule has 0 atom stereocenters. The number of thiocarbonyl (C=S) groups is 1. The lowest BCUT2D eigenvalue weighted by Crippen LogP contribution is -2.34. The van der Waals surface area contributed by atoms with Gasteiger partial charge < -0.3 is 10.1 Å². The number of benzene rings is 2. The second-order valence-corrected chi connectivity index (χ2v) is 7.07. The molecule has 0 unspecified atom stereocenters. The number of nitrogens with one attached hydrogen (secondary N) is 2. The second-order valence-electron chi connectivity index (χ2n) is 6.66. The predicted octanol–water partition coefficient (Wildman–Crippen LogP) is 4.51. The number of para-hydroxylation sites is 2. The number of ether oxygens (including phenoxy) is 1. The zero-order valence-corrected chi connectivity index (χ0v) is 15.9. The Labute approximate surface area is 154 Å². The van der Waals surface area contributed by atoms with E-state index in [9.17, 15) is 4.79 Å². The minimum Gasteiger partial charge on any atom is -0.492 e. The van der Waals surface area contributed by atoms with E-state index in [4.69, 9.17) is 17.0 Å². The molecular weight excluding hydrogens is 332 g/mol. The number of amides is 1. The van der Waals surface area contributed by atoms with Crippen LogP contribution in [0.2, 0.25) is 0 Å². The Bertz CT molecular complexity index is 749. The van der Waals surface area contributed by atoms with Crippen LogP contribution in [0.5, 0.6) is 5.75 Å². The molecule has 0 radical (unpaired) electrons. The van der Waals surface area contributed by atoms with Gasteiger partial charge in [-0.3, -0.25) is 10.1 Å². The lowest BCUT2D eigenvalue weighted by Gasteiger charge is -2.19. The minimum atomic E-state index is -0.244. The maximum Gasteiger partial charge on any atom is 0.257 e. The van der Waals surface area contributed by atoms with Crippen LogP contribution in [0.3, 0.4) is 0 Å². The summed E-state index contributed by atoms with van der Waals surface area (Å²) in [6.07, 6.45) is 0. The fraction of sp³-hybridized carbons (Fsp3) is 0.300. The molecule has 1 amide bonds. The summed E-state index contributed by atoms with van der Waals surface area (Å²) < 4.78 is 5.54. The highest BCUT2D eigenvalue weighted by molar-refractivity contribution is 7.80. The van der Waals surface area contributed by atoms with Crippen LogP contribution in [-0.4, -0.2) is 17.6 Å². The van der Waals surface area contributed by atoms with Gasteiger partial charge in [0.05, 0.1) is 12.3 Å². The van der Waals surface area contributed by atoms with Crippen LogP contribution in [0.25, 0.3) is 0 Å². The van der Waals surface area contributed by atoms with Crippen LogP contribution in [0, 0.1) is 0 Å². The zero-order chi connectivity index (χ0) is 18.4. The normalized spacial score (nSPS) is 10.9. The molecule has 0 aliphatic heterocycles. The van der Waals surface area contributed by atoms with Crippen molar-refractivity contribution < 1.29 is 9.53 Å². The van der Waals surface area contributed by atoms with E-state index in [1.807, 2.05) is 55.5 Å². The molecule has 0 saturated carbocycles. The van der Waals surface area contributed by atoms with E-state index in [1.54, 1.807) is 0 Å². The van der Waals surface area contributed by atoms with Crippen molar-refractivity contribution in [3.63, 3.8) is 0 Å². The Morgan fingerprint density at radius 3 is 2.32 bits per heavy atom. The first kappa shape index (κ1) is 18.9. The molecule has 0 saturated heterocycles. The maximum atomic E-state index is 12.3. The monoisotopic (exact) mass is 356 g/mol. The van der Waals surface area contributed by atoms with Crippen molar-refractivity contribution in [1.82, 2.24) is 5.32 Å². The molecule has 0 fully saturated rings. The summed E-state index contributed by atoms with van der Waals surface area (Å²) in [5.41, 5.74) is 2.51. The van der Waals surface area contributed by atoms with Crippen LogP contribution >= 0.6 is 12.2 Å². The van der Waals surface area contributed by atoms with Gasteiger partial charge in [-0.2, -0.15) is 0 Å². The third kappa shape index (κ3) is 5.29. The number of hydrogen-bond donors (Lipinski definition) is 2. The van der Waals surface area contributed by atoms with Crippen molar-refractivity contribution in [2.24, 2.45) is 0 Å². The Kier molecular flexibility index (Phi) is 6.15. The summed E-state index contributed by atoms with van der Waals surface area (Å²) in [5, 5.41) is 5.94. The number of anilines is 1. The number of carbonyl (C=O) groups is 1. The summed E-state index contributed by atoms with van der Waals surface area (Å²) >= 11 is 5.24. The standard InChI is InChI=1S/C20H24N2O2S/c1-5-24-17-9-7-6-8-16(17)21-19(25)22-18(23)14-10-12-15(13-11-14)20(2,3)4/h6-13H,5H2,1-4H3,(H2,21,22,23,25). The molecule has 0 spiro atoms. The largest absolute Gasteiger partial charge is 0.492 e. The quantitative estimate of drug-likeness (QED) is 0.792. The molecule has 132 valence electrons. The number of rotatable bonds is 4. The molecular formula is C20H24N2O2S. The van der Waals surface area contributed by atoms with Crippen LogP contribution in [0.15, 0.2) is 48.5 Å². The molecule has 4 nitrogen and oxygen atoms in total. The van der Waals surface area contributed by atoms with Gasteiger partial charge in [0, 0.05) is 5.56 Å². The lowest BCUT2D eigenvalue weighted by molar-refractivity contribution is 0.0977. The van der Waals surface area contributed by atoms with E-state index in [2.05, 4.69) is 31.4 Å². The van der Waals surface area contributed by atoms with Gasteiger partial charge in [-0.1, -0.05) is 45.0 Å². The molecule has 0 aliphatic carbocycles. The first-order valence-electron chi connectivity index (χ1n) is 8.26. The number of carbonyl (C=O) groups excluding carboxylic acids is 1. The summed E-state index contributed by atoms with van der Waals surface area (Å²) in [5.74, 6) is 0.447. The molecule has 5 heteroatoms. The Hall–Kier alpha value is -2.40. The van der Waals surface area contributed by atoms with Gasteiger partial charge >= 0.3 is 0 Å². The molecule has 25 heavy (non-hydrogen) atoms. The Morgan fingerprint density at radius 1 is 1.08 bits per heavy atom. The van der Waals surface area contributed by atoms with Gasteiger partial charge in [0.2, 0.25) is 0 Å². The maximum absolute atomic E-state index is 12.3. The second kappa shape index (κ2) is 8.12. The van der Waals surface area contributed by atoms with E-state index in [0.717, 1.165) is 5.69 Å². The number of hydrogen-bond acceptors (Lipinski definition) is 3. The molecule has 0 aliphatic rings. The minimum absolute atomic E-state index is 0.0504. The van der Waals surface area contributed by atoms with Gasteiger partial charge in [-0.15, -0.1) is 0 Å². The fourth-order valence-corrected chi connectivity index (χ4v) is 2.50. The van der Waals surface area contributed by atoms with Crippen molar-refractivity contribution in [3.8, 4) is 5.75 Å². The SMILES string of the molecule is CCOc1ccccc1NC(=S)NC(=O)c1ccc(C(C)(C)C)cc1. The highest BCUT2D eigenvalue weighted by Crippen LogP contribution is 2.24. The van der Waals surface area contributed by atoms with Gasteiger partial charge in [0.15, 0.2) is 5.11 Å². The lowest BCUT2D eigenvalue weighted by atomic mass is 9.87. The smallest absolute Gasteiger partial charge is 0.257 e. The van der Waals surface area contributed by atoms with E-state index < -0.39 is 0 Å². The Balaban J connectivity index is 2.02. The fourth-order valence-electron chi connectivity index (χ4n) is 2.30. The van der Waals surface area contributed by atoms with Gasteiger partial charge in [-0.05, 0) is 54.4 Å². The molecule has 2 rings (SSSR count). The van der Waals surface area contributed by atoms with E-state index in [0.29, 0.717) is 17.9 Å². The first-order chi connectivity index (χ1) is 11.8. The average Bonchev–Trinajstić information content (AvgIpc) is 2.56. The highest BCUT2D eigenvalue weighted by atomic mass is 32.1. The molecule has 2 N–H and O–H groups in total. The summed E-state index contributed by atoms with van der Waals surface area (Å²) in [7, 11) is 0. The molecule has 0 bridgehead atoms. The third-order valence-electron chi connectivity index (χ3n) is 3.68. The first-order valence-corrected chi connectivity index (χ1v) is 8.67. The van der Waals surface area contributed by atoms with Crippen LogP contribution < -0.4 is 15.4 Å². The van der Waals surface area contributed by atoms with Crippen LogP contribution in [0.1, 0.15) is 43.6 Å². The highest BCUT2D eigenvalue weighted by Gasteiger charge is 2.15. The van der Waals surface area contributed by atoms with Crippen molar-refractivity contribution >= 4 is 28.9 Å². The summed E-state index contributed by atoms with van der Waals surface area (Å²) in [6, 6.07) is 15.0. The molecule has 0 heterocycles. The predicted molar refractivity (Wildman–Crippen MR) is 106 cm³/mol.